The van der Waals surface area contributed by atoms with Crippen LogP contribution in [0.1, 0.15) is 25.7 Å². The van der Waals surface area contributed by atoms with Crippen molar-refractivity contribution in [3.05, 3.63) is 0 Å². The number of ether oxygens (including phenoxy) is 1. The van der Waals surface area contributed by atoms with E-state index in [1.165, 1.54) is 0 Å². The Bertz CT molecular complexity index is 432. The van der Waals surface area contributed by atoms with Crippen LogP contribution in [0.3, 0.4) is 0 Å². The molecule has 1 spiro atoms. The Morgan fingerprint density at radius 1 is 1.43 bits per heavy atom. The van der Waals surface area contributed by atoms with E-state index >= 15 is 0 Å². The SMILES string of the molecule is CN(C)C(=O)N1CC2(C1)OCC[C@H]2CCN1CCCC1=O. The van der Waals surface area contributed by atoms with Crippen LogP contribution in [0.5, 0.6) is 0 Å². The lowest BCUT2D eigenvalue weighted by molar-refractivity contribution is -0.130. The average Bonchev–Trinajstić information content (AvgIpc) is 2.99. The molecule has 0 aromatic carbocycles. The predicted molar refractivity (Wildman–Crippen MR) is 77.9 cm³/mol. The molecule has 118 valence electrons. The van der Waals surface area contributed by atoms with Crippen molar-refractivity contribution >= 4 is 11.9 Å². The summed E-state index contributed by atoms with van der Waals surface area (Å²) in [5.41, 5.74) is -0.144. The number of carbonyl (C=O) groups is 2. The first-order chi connectivity index (χ1) is 10.0. The molecule has 0 radical (unpaired) electrons. The Kier molecular flexibility index (Phi) is 3.82. The fourth-order valence-corrected chi connectivity index (χ4v) is 3.81. The second-order valence-electron chi connectivity index (χ2n) is 6.70. The minimum atomic E-state index is -0.144. The number of rotatable bonds is 3. The van der Waals surface area contributed by atoms with Gasteiger partial charge in [-0.15, -0.1) is 0 Å². The normalized spacial score (nSPS) is 27.3. The molecule has 0 bridgehead atoms. The fourth-order valence-electron chi connectivity index (χ4n) is 3.81. The summed E-state index contributed by atoms with van der Waals surface area (Å²) in [7, 11) is 3.55. The van der Waals surface area contributed by atoms with Crippen LogP contribution in [0.25, 0.3) is 0 Å². The highest BCUT2D eigenvalue weighted by atomic mass is 16.5. The summed E-state index contributed by atoms with van der Waals surface area (Å²) in [6.45, 7) is 3.93. The van der Waals surface area contributed by atoms with Crippen molar-refractivity contribution in [2.24, 2.45) is 5.92 Å². The molecule has 6 nitrogen and oxygen atoms in total. The van der Waals surface area contributed by atoms with Crippen LogP contribution >= 0.6 is 0 Å². The lowest BCUT2D eigenvalue weighted by Gasteiger charge is -2.50. The van der Waals surface area contributed by atoms with Crippen LogP contribution in [0.15, 0.2) is 0 Å². The van der Waals surface area contributed by atoms with Crippen LogP contribution in [-0.2, 0) is 9.53 Å². The number of hydrogen-bond donors (Lipinski definition) is 0. The molecule has 3 aliphatic heterocycles. The van der Waals surface area contributed by atoms with Crippen molar-refractivity contribution in [3.8, 4) is 0 Å². The summed E-state index contributed by atoms with van der Waals surface area (Å²) in [6.07, 6.45) is 3.75. The fraction of sp³-hybridized carbons (Fsp3) is 0.867. The zero-order chi connectivity index (χ0) is 15.0. The number of nitrogens with zero attached hydrogens (tertiary/aromatic N) is 3. The van der Waals surface area contributed by atoms with Crippen molar-refractivity contribution in [3.63, 3.8) is 0 Å². The molecule has 21 heavy (non-hydrogen) atoms. The lowest BCUT2D eigenvalue weighted by Crippen LogP contribution is -2.67. The standard InChI is InChI=1S/C15H25N3O3/c1-16(2)14(20)18-10-15(11-18)12(6-9-21-15)5-8-17-7-3-4-13(17)19/h12H,3-11H2,1-2H3/t12-/m1/s1. The van der Waals surface area contributed by atoms with Gasteiger partial charge in [0.05, 0.1) is 13.1 Å². The van der Waals surface area contributed by atoms with Crippen molar-refractivity contribution in [2.45, 2.75) is 31.3 Å². The van der Waals surface area contributed by atoms with Crippen LogP contribution in [-0.4, -0.2) is 79.1 Å². The minimum absolute atomic E-state index is 0.0598. The van der Waals surface area contributed by atoms with Crippen LogP contribution in [0.2, 0.25) is 0 Å². The number of likely N-dealkylation sites (tertiary alicyclic amines) is 2. The van der Waals surface area contributed by atoms with E-state index < -0.39 is 0 Å². The molecule has 3 rings (SSSR count). The largest absolute Gasteiger partial charge is 0.371 e. The van der Waals surface area contributed by atoms with E-state index in [1.54, 1.807) is 19.0 Å². The molecular weight excluding hydrogens is 270 g/mol. The summed E-state index contributed by atoms with van der Waals surface area (Å²) < 4.78 is 5.98. The van der Waals surface area contributed by atoms with E-state index in [9.17, 15) is 9.59 Å². The second kappa shape index (κ2) is 5.48. The average molecular weight is 295 g/mol. The molecule has 1 atom stereocenters. The van der Waals surface area contributed by atoms with E-state index in [0.717, 1.165) is 39.0 Å². The number of urea groups is 1. The molecule has 0 saturated carbocycles. The van der Waals surface area contributed by atoms with Gasteiger partial charge < -0.3 is 19.4 Å². The monoisotopic (exact) mass is 295 g/mol. The maximum Gasteiger partial charge on any atom is 0.319 e. The van der Waals surface area contributed by atoms with Gasteiger partial charge in [-0.25, -0.2) is 4.79 Å². The second-order valence-corrected chi connectivity index (χ2v) is 6.70. The quantitative estimate of drug-likeness (QED) is 0.773. The van der Waals surface area contributed by atoms with Gasteiger partial charge in [0.2, 0.25) is 5.91 Å². The van der Waals surface area contributed by atoms with Crippen LogP contribution < -0.4 is 0 Å². The molecular formula is C15H25N3O3. The van der Waals surface area contributed by atoms with Crippen LogP contribution in [0.4, 0.5) is 4.79 Å². The number of amides is 3. The number of carbonyl (C=O) groups excluding carboxylic acids is 2. The highest BCUT2D eigenvalue weighted by molar-refractivity contribution is 5.78. The molecule has 3 fully saturated rings. The predicted octanol–water partition coefficient (Wildman–Crippen LogP) is 0.771. The van der Waals surface area contributed by atoms with E-state index in [4.69, 9.17) is 4.74 Å². The van der Waals surface area contributed by atoms with Crippen molar-refractivity contribution in [1.29, 1.82) is 0 Å². The van der Waals surface area contributed by atoms with Gasteiger partial charge in [-0.3, -0.25) is 4.79 Å². The number of hydrogen-bond acceptors (Lipinski definition) is 3. The molecule has 3 aliphatic rings. The third-order valence-electron chi connectivity index (χ3n) is 5.09. The van der Waals surface area contributed by atoms with Gasteiger partial charge >= 0.3 is 6.03 Å². The van der Waals surface area contributed by atoms with Gasteiger partial charge in [-0.05, 0) is 25.2 Å². The summed E-state index contributed by atoms with van der Waals surface area (Å²) in [6, 6.07) is 0.0598. The topological polar surface area (TPSA) is 53.1 Å². The van der Waals surface area contributed by atoms with Gasteiger partial charge in [0.15, 0.2) is 0 Å². The first-order valence-electron chi connectivity index (χ1n) is 7.90. The van der Waals surface area contributed by atoms with Gasteiger partial charge in [0.25, 0.3) is 0 Å². The first-order valence-corrected chi connectivity index (χ1v) is 7.90. The third kappa shape index (κ3) is 2.61. The molecule has 3 saturated heterocycles. The van der Waals surface area contributed by atoms with Crippen LogP contribution in [0, 0.1) is 5.92 Å². The highest BCUT2D eigenvalue weighted by Gasteiger charge is 2.54. The van der Waals surface area contributed by atoms with Gasteiger partial charge in [-0.2, -0.15) is 0 Å². The summed E-state index contributed by atoms with van der Waals surface area (Å²) in [5, 5.41) is 0. The van der Waals surface area contributed by atoms with E-state index in [-0.39, 0.29) is 11.6 Å². The highest BCUT2D eigenvalue weighted by Crippen LogP contribution is 2.42. The summed E-state index contributed by atoms with van der Waals surface area (Å²) in [5.74, 6) is 0.762. The van der Waals surface area contributed by atoms with Crippen molar-refractivity contribution in [1.82, 2.24) is 14.7 Å². The van der Waals surface area contributed by atoms with Gasteiger partial charge in [-0.1, -0.05) is 0 Å². The molecule has 0 aromatic rings. The molecule has 0 aliphatic carbocycles. The Labute approximate surface area is 126 Å². The van der Waals surface area contributed by atoms with Crippen molar-refractivity contribution in [2.75, 3.05) is 46.9 Å². The van der Waals surface area contributed by atoms with E-state index in [0.29, 0.717) is 31.3 Å². The third-order valence-corrected chi connectivity index (χ3v) is 5.09. The van der Waals surface area contributed by atoms with Crippen molar-refractivity contribution < 1.29 is 14.3 Å². The molecule has 3 amide bonds. The Balaban J connectivity index is 1.52. The Hall–Kier alpha value is -1.30. The van der Waals surface area contributed by atoms with E-state index in [1.807, 2.05) is 9.80 Å². The molecule has 0 N–H and O–H groups in total. The van der Waals surface area contributed by atoms with E-state index in [2.05, 4.69) is 0 Å². The molecule has 6 heteroatoms. The summed E-state index contributed by atoms with van der Waals surface area (Å²) >= 11 is 0. The Morgan fingerprint density at radius 2 is 2.19 bits per heavy atom. The smallest absolute Gasteiger partial charge is 0.319 e. The molecule has 0 aromatic heterocycles. The maximum atomic E-state index is 11.9. The lowest BCUT2D eigenvalue weighted by atomic mass is 9.79. The molecule has 0 unspecified atom stereocenters. The van der Waals surface area contributed by atoms with Gasteiger partial charge in [0.1, 0.15) is 5.60 Å². The first kappa shape index (κ1) is 14.6. The van der Waals surface area contributed by atoms with Gasteiger partial charge in [0, 0.05) is 40.2 Å². The minimum Gasteiger partial charge on any atom is -0.371 e. The molecule has 3 heterocycles. The summed E-state index contributed by atoms with van der Waals surface area (Å²) in [4.78, 5) is 29.0. The Morgan fingerprint density at radius 3 is 2.81 bits per heavy atom. The zero-order valence-corrected chi connectivity index (χ0v) is 13.0. The maximum absolute atomic E-state index is 11.9. The zero-order valence-electron chi connectivity index (χ0n) is 13.0.